The van der Waals surface area contributed by atoms with E-state index in [4.69, 9.17) is 0 Å². The number of hydrogen-bond acceptors (Lipinski definition) is 3. The van der Waals surface area contributed by atoms with E-state index >= 15 is 0 Å². The summed E-state index contributed by atoms with van der Waals surface area (Å²) in [6.45, 7) is 6.12. The Hall–Kier alpha value is -2.37. The molecule has 0 aromatic heterocycles. The topological polar surface area (TPSA) is 47.6 Å². The zero-order valence-corrected chi connectivity index (χ0v) is 16.2. The van der Waals surface area contributed by atoms with Crippen LogP contribution in [0, 0.1) is 0 Å². The van der Waals surface area contributed by atoms with E-state index in [1.54, 1.807) is 0 Å². The monoisotopic (exact) mass is 366 g/mol. The minimum absolute atomic E-state index is 0.144. The molecule has 27 heavy (non-hydrogen) atoms. The van der Waals surface area contributed by atoms with E-state index in [1.807, 2.05) is 30.3 Å². The van der Waals surface area contributed by atoms with Crippen LogP contribution in [0.4, 0.5) is 10.5 Å². The summed E-state index contributed by atoms with van der Waals surface area (Å²) in [5.41, 5.74) is 3.42. The van der Waals surface area contributed by atoms with Crippen molar-refractivity contribution in [2.24, 2.45) is 0 Å². The van der Waals surface area contributed by atoms with Crippen LogP contribution < -0.4 is 10.6 Å². The maximum atomic E-state index is 12.0. The molecule has 0 atom stereocenters. The van der Waals surface area contributed by atoms with E-state index in [1.165, 1.54) is 11.1 Å². The summed E-state index contributed by atoms with van der Waals surface area (Å²) in [4.78, 5) is 16.9. The van der Waals surface area contributed by atoms with E-state index in [9.17, 15) is 4.79 Å². The van der Waals surface area contributed by atoms with Crippen molar-refractivity contribution >= 4 is 11.7 Å². The normalized spacial score (nSPS) is 15.4. The van der Waals surface area contributed by atoms with Gasteiger partial charge < -0.3 is 15.5 Å². The predicted octanol–water partition coefficient (Wildman–Crippen LogP) is 3.19. The Morgan fingerprint density at radius 2 is 1.63 bits per heavy atom. The Kier molecular flexibility index (Phi) is 7.25. The van der Waals surface area contributed by atoms with Crippen LogP contribution >= 0.6 is 0 Å². The van der Waals surface area contributed by atoms with Crippen LogP contribution in [0.3, 0.4) is 0 Å². The third-order valence-corrected chi connectivity index (χ3v) is 4.98. The van der Waals surface area contributed by atoms with Crippen LogP contribution in [0.1, 0.15) is 17.5 Å². The molecule has 0 saturated carbocycles. The SMILES string of the molecule is CN1CCN(Cc2ccc(NC(=O)NCCCc3ccccc3)cc2)CC1. The van der Waals surface area contributed by atoms with Crippen LogP contribution in [0.15, 0.2) is 54.6 Å². The second kappa shape index (κ2) is 10.1. The molecule has 0 bridgehead atoms. The molecule has 1 aliphatic rings. The number of hydrogen-bond donors (Lipinski definition) is 2. The lowest BCUT2D eigenvalue weighted by Gasteiger charge is -2.32. The number of carbonyl (C=O) groups excluding carboxylic acids is 1. The summed E-state index contributed by atoms with van der Waals surface area (Å²) in [5, 5.41) is 5.83. The second-order valence-corrected chi connectivity index (χ2v) is 7.25. The molecule has 2 aromatic rings. The maximum absolute atomic E-state index is 12.0. The van der Waals surface area contributed by atoms with Crippen LogP contribution in [0.2, 0.25) is 0 Å². The molecule has 1 fully saturated rings. The fourth-order valence-corrected chi connectivity index (χ4v) is 3.27. The van der Waals surface area contributed by atoms with Crippen LogP contribution in [-0.4, -0.2) is 55.6 Å². The first-order valence-electron chi connectivity index (χ1n) is 9.78. The Bertz CT molecular complexity index is 694. The molecule has 1 saturated heterocycles. The lowest BCUT2D eigenvalue weighted by molar-refractivity contribution is 0.148. The van der Waals surface area contributed by atoms with Gasteiger partial charge in [0.1, 0.15) is 0 Å². The lowest BCUT2D eigenvalue weighted by Crippen LogP contribution is -2.43. The molecule has 5 heteroatoms. The van der Waals surface area contributed by atoms with Crippen molar-refractivity contribution in [2.75, 3.05) is 45.1 Å². The van der Waals surface area contributed by atoms with Crippen molar-refractivity contribution in [3.63, 3.8) is 0 Å². The molecule has 5 nitrogen and oxygen atoms in total. The summed E-state index contributed by atoms with van der Waals surface area (Å²) in [6.07, 6.45) is 1.91. The van der Waals surface area contributed by atoms with Gasteiger partial charge in [-0.15, -0.1) is 0 Å². The number of nitrogens with one attached hydrogen (secondary N) is 2. The highest BCUT2D eigenvalue weighted by molar-refractivity contribution is 5.89. The molecule has 0 radical (unpaired) electrons. The Balaban J connectivity index is 1.35. The number of benzene rings is 2. The molecule has 0 aliphatic carbocycles. The largest absolute Gasteiger partial charge is 0.338 e. The number of urea groups is 1. The number of rotatable bonds is 7. The maximum Gasteiger partial charge on any atom is 0.319 e. The summed E-state index contributed by atoms with van der Waals surface area (Å²) in [5.74, 6) is 0. The third-order valence-electron chi connectivity index (χ3n) is 4.98. The average molecular weight is 367 g/mol. The summed E-state index contributed by atoms with van der Waals surface area (Å²) >= 11 is 0. The second-order valence-electron chi connectivity index (χ2n) is 7.25. The Morgan fingerprint density at radius 3 is 2.33 bits per heavy atom. The number of aryl methyl sites for hydroxylation is 1. The van der Waals surface area contributed by atoms with Crippen molar-refractivity contribution in [3.05, 3.63) is 65.7 Å². The highest BCUT2D eigenvalue weighted by atomic mass is 16.2. The summed E-state index contributed by atoms with van der Waals surface area (Å²) in [7, 11) is 2.17. The van der Waals surface area contributed by atoms with Gasteiger partial charge in [0.2, 0.25) is 0 Å². The zero-order valence-electron chi connectivity index (χ0n) is 16.2. The smallest absolute Gasteiger partial charge is 0.319 e. The first-order valence-corrected chi connectivity index (χ1v) is 9.78. The standard InChI is InChI=1S/C22H30N4O/c1-25-14-16-26(17-15-25)18-20-9-11-21(12-10-20)24-22(27)23-13-5-8-19-6-3-2-4-7-19/h2-4,6-7,9-12H,5,8,13-18H2,1H3,(H2,23,24,27). The van der Waals surface area contributed by atoms with Gasteiger partial charge in [0.15, 0.2) is 0 Å². The highest BCUT2D eigenvalue weighted by Gasteiger charge is 2.13. The molecule has 0 spiro atoms. The van der Waals surface area contributed by atoms with Gasteiger partial charge in [0, 0.05) is 45.0 Å². The summed E-state index contributed by atoms with van der Waals surface area (Å²) in [6, 6.07) is 18.4. The molecule has 2 aromatic carbocycles. The van der Waals surface area contributed by atoms with Gasteiger partial charge in [-0.05, 0) is 43.1 Å². The fourth-order valence-electron chi connectivity index (χ4n) is 3.27. The third kappa shape index (κ3) is 6.70. The van der Waals surface area contributed by atoms with E-state index < -0.39 is 0 Å². The van der Waals surface area contributed by atoms with Gasteiger partial charge in [-0.3, -0.25) is 4.90 Å². The van der Waals surface area contributed by atoms with Crippen molar-refractivity contribution < 1.29 is 4.79 Å². The molecule has 2 amide bonds. The number of anilines is 1. The number of piperazine rings is 1. The zero-order chi connectivity index (χ0) is 18.9. The van der Waals surface area contributed by atoms with Crippen LogP contribution in [0.5, 0.6) is 0 Å². The van der Waals surface area contributed by atoms with Crippen molar-refractivity contribution in [1.29, 1.82) is 0 Å². The fraction of sp³-hybridized carbons (Fsp3) is 0.409. The quantitative estimate of drug-likeness (QED) is 0.740. The molecular formula is C22H30N4O. The van der Waals surface area contributed by atoms with E-state index in [0.29, 0.717) is 6.54 Å². The highest BCUT2D eigenvalue weighted by Crippen LogP contribution is 2.12. The number of amides is 2. The first kappa shape index (κ1) is 19.4. The average Bonchev–Trinajstić information content (AvgIpc) is 2.69. The number of likely N-dealkylation sites (N-methyl/N-ethyl adjacent to an activating group) is 1. The minimum Gasteiger partial charge on any atom is -0.338 e. The van der Waals surface area contributed by atoms with Gasteiger partial charge in [0.25, 0.3) is 0 Å². The van der Waals surface area contributed by atoms with Crippen molar-refractivity contribution in [3.8, 4) is 0 Å². The predicted molar refractivity (Wildman–Crippen MR) is 111 cm³/mol. The molecule has 144 valence electrons. The van der Waals surface area contributed by atoms with Gasteiger partial charge in [-0.2, -0.15) is 0 Å². The Morgan fingerprint density at radius 1 is 0.926 bits per heavy atom. The van der Waals surface area contributed by atoms with Gasteiger partial charge in [-0.1, -0.05) is 42.5 Å². The Labute approximate surface area is 162 Å². The van der Waals surface area contributed by atoms with Gasteiger partial charge in [-0.25, -0.2) is 4.79 Å². The number of nitrogens with zero attached hydrogens (tertiary/aromatic N) is 2. The molecule has 1 aliphatic heterocycles. The molecular weight excluding hydrogens is 336 g/mol. The van der Waals surface area contributed by atoms with Gasteiger partial charge >= 0.3 is 6.03 Å². The number of carbonyl (C=O) groups is 1. The van der Waals surface area contributed by atoms with Crippen molar-refractivity contribution in [1.82, 2.24) is 15.1 Å². The van der Waals surface area contributed by atoms with E-state index in [-0.39, 0.29) is 6.03 Å². The molecule has 0 unspecified atom stereocenters. The lowest BCUT2D eigenvalue weighted by atomic mass is 10.1. The van der Waals surface area contributed by atoms with E-state index in [0.717, 1.165) is 51.3 Å². The van der Waals surface area contributed by atoms with Gasteiger partial charge in [0.05, 0.1) is 0 Å². The van der Waals surface area contributed by atoms with Crippen molar-refractivity contribution in [2.45, 2.75) is 19.4 Å². The molecule has 2 N–H and O–H groups in total. The molecule has 1 heterocycles. The van der Waals surface area contributed by atoms with E-state index in [2.05, 4.69) is 51.7 Å². The first-order chi connectivity index (χ1) is 13.2. The van der Waals surface area contributed by atoms with Crippen LogP contribution in [-0.2, 0) is 13.0 Å². The minimum atomic E-state index is -0.144. The van der Waals surface area contributed by atoms with Crippen LogP contribution in [0.25, 0.3) is 0 Å². The molecule has 3 rings (SSSR count). The summed E-state index contributed by atoms with van der Waals surface area (Å²) < 4.78 is 0.